The number of benzene rings is 2. The highest BCUT2D eigenvalue weighted by Gasteiger charge is 2.44. The molecule has 0 spiro atoms. The summed E-state index contributed by atoms with van der Waals surface area (Å²) in [4.78, 5) is 0. The predicted molar refractivity (Wildman–Crippen MR) is 89.4 cm³/mol. The van der Waals surface area contributed by atoms with Crippen LogP contribution in [0.4, 0.5) is 0 Å². The lowest BCUT2D eigenvalue weighted by Crippen LogP contribution is -2.24. The third-order valence-electron chi connectivity index (χ3n) is 5.18. The van der Waals surface area contributed by atoms with Crippen LogP contribution in [0.2, 0.25) is 0 Å². The molecular formula is C21H20. The molecule has 2 aliphatic rings. The van der Waals surface area contributed by atoms with Gasteiger partial charge in [-0.25, -0.2) is 0 Å². The first-order chi connectivity index (χ1) is 10.2. The summed E-state index contributed by atoms with van der Waals surface area (Å²) in [6, 6.07) is 17.7. The van der Waals surface area contributed by atoms with Crippen LogP contribution >= 0.6 is 0 Å². The molecule has 0 radical (unpaired) electrons. The minimum Gasteiger partial charge on any atom is -0.0796 e. The van der Waals surface area contributed by atoms with Crippen LogP contribution in [0, 0.1) is 5.92 Å². The summed E-state index contributed by atoms with van der Waals surface area (Å²) in [5, 5.41) is 0. The van der Waals surface area contributed by atoms with Gasteiger partial charge in [-0.3, -0.25) is 0 Å². The van der Waals surface area contributed by atoms with E-state index in [9.17, 15) is 0 Å². The zero-order valence-corrected chi connectivity index (χ0v) is 12.6. The molecular weight excluding hydrogens is 252 g/mol. The molecule has 0 heterocycles. The zero-order valence-electron chi connectivity index (χ0n) is 12.6. The molecule has 0 heteroatoms. The van der Waals surface area contributed by atoms with Crippen LogP contribution in [0.3, 0.4) is 0 Å². The van der Waals surface area contributed by atoms with Gasteiger partial charge in [-0.1, -0.05) is 86.7 Å². The van der Waals surface area contributed by atoms with E-state index in [4.69, 9.17) is 0 Å². The normalized spacial score (nSPS) is 24.7. The average Bonchev–Trinajstić information content (AvgIpc) is 2.77. The van der Waals surface area contributed by atoms with Gasteiger partial charge in [0.1, 0.15) is 0 Å². The van der Waals surface area contributed by atoms with Crippen LogP contribution in [0.25, 0.3) is 11.1 Å². The molecule has 0 saturated carbocycles. The van der Waals surface area contributed by atoms with Gasteiger partial charge >= 0.3 is 0 Å². The van der Waals surface area contributed by atoms with Gasteiger partial charge in [-0.05, 0) is 33.6 Å². The molecule has 2 aromatic rings. The summed E-state index contributed by atoms with van der Waals surface area (Å²) in [6.07, 6.45) is 9.14. The van der Waals surface area contributed by atoms with Crippen molar-refractivity contribution in [2.75, 3.05) is 0 Å². The van der Waals surface area contributed by atoms with Crippen molar-refractivity contribution in [3.63, 3.8) is 0 Å². The maximum Gasteiger partial charge on any atom is 0.00953 e. The summed E-state index contributed by atoms with van der Waals surface area (Å²) < 4.78 is 0. The standard InChI is InChI=1S/C21H20/c1-21(2)19-11-7-6-10-17(19)18-13-12-16(14-20(18)21)15-8-4-3-5-9-15/h3-14,17,19H,1-2H3. The Bertz CT molecular complexity index is 732. The molecule has 0 aromatic heterocycles. The largest absolute Gasteiger partial charge is 0.0796 e. The van der Waals surface area contributed by atoms with E-state index in [0.717, 1.165) is 0 Å². The summed E-state index contributed by atoms with van der Waals surface area (Å²) in [6.45, 7) is 4.77. The van der Waals surface area contributed by atoms with Crippen molar-refractivity contribution < 1.29 is 0 Å². The number of hydrogen-bond donors (Lipinski definition) is 0. The highest BCUT2D eigenvalue weighted by molar-refractivity contribution is 5.67. The molecule has 2 aromatic carbocycles. The summed E-state index contributed by atoms with van der Waals surface area (Å²) >= 11 is 0. The Morgan fingerprint density at radius 3 is 2.38 bits per heavy atom. The molecule has 21 heavy (non-hydrogen) atoms. The molecule has 0 N–H and O–H groups in total. The lowest BCUT2D eigenvalue weighted by Gasteiger charge is -2.29. The van der Waals surface area contributed by atoms with E-state index in [1.165, 1.54) is 22.3 Å². The van der Waals surface area contributed by atoms with Crippen LogP contribution < -0.4 is 0 Å². The lowest BCUT2D eigenvalue weighted by atomic mass is 9.74. The van der Waals surface area contributed by atoms with Gasteiger partial charge in [0.15, 0.2) is 0 Å². The quantitative estimate of drug-likeness (QED) is 0.645. The molecule has 0 saturated heterocycles. The van der Waals surface area contributed by atoms with Crippen LogP contribution in [0.5, 0.6) is 0 Å². The average molecular weight is 272 g/mol. The van der Waals surface area contributed by atoms with Crippen molar-refractivity contribution in [1.29, 1.82) is 0 Å². The van der Waals surface area contributed by atoms with Crippen LogP contribution in [-0.4, -0.2) is 0 Å². The molecule has 2 aliphatic carbocycles. The molecule has 2 unspecified atom stereocenters. The third-order valence-corrected chi connectivity index (χ3v) is 5.18. The highest BCUT2D eigenvalue weighted by atomic mass is 14.5. The first-order valence-corrected chi connectivity index (χ1v) is 7.73. The van der Waals surface area contributed by atoms with Gasteiger partial charge in [0.05, 0.1) is 0 Å². The Balaban J connectivity index is 1.87. The molecule has 0 bridgehead atoms. The van der Waals surface area contributed by atoms with Gasteiger partial charge in [-0.15, -0.1) is 0 Å². The summed E-state index contributed by atoms with van der Waals surface area (Å²) in [7, 11) is 0. The monoisotopic (exact) mass is 272 g/mol. The molecule has 0 aliphatic heterocycles. The van der Waals surface area contributed by atoms with Crippen LogP contribution in [0.1, 0.15) is 30.9 Å². The smallest absolute Gasteiger partial charge is 0.00953 e. The SMILES string of the molecule is CC1(C)c2cc(-c3ccccc3)ccc2C2C=CC=CC21. The van der Waals surface area contributed by atoms with E-state index in [1.54, 1.807) is 0 Å². The molecule has 104 valence electrons. The van der Waals surface area contributed by atoms with Gasteiger partial charge in [0, 0.05) is 5.92 Å². The van der Waals surface area contributed by atoms with E-state index in [-0.39, 0.29) is 5.41 Å². The number of fused-ring (bicyclic) bond motifs is 3. The predicted octanol–water partition coefficient (Wildman–Crippen LogP) is 5.47. The van der Waals surface area contributed by atoms with Crippen molar-refractivity contribution >= 4 is 0 Å². The van der Waals surface area contributed by atoms with Gasteiger partial charge < -0.3 is 0 Å². The zero-order chi connectivity index (χ0) is 14.4. The van der Waals surface area contributed by atoms with Crippen LogP contribution in [0.15, 0.2) is 72.8 Å². The lowest BCUT2D eigenvalue weighted by molar-refractivity contribution is 0.394. The van der Waals surface area contributed by atoms with Gasteiger partial charge in [0.2, 0.25) is 0 Å². The third kappa shape index (κ3) is 1.82. The van der Waals surface area contributed by atoms with Gasteiger partial charge in [0.25, 0.3) is 0 Å². The minimum atomic E-state index is 0.200. The minimum absolute atomic E-state index is 0.200. The van der Waals surface area contributed by atoms with E-state index in [1.807, 2.05) is 0 Å². The second-order valence-corrected chi connectivity index (χ2v) is 6.71. The van der Waals surface area contributed by atoms with Crippen molar-refractivity contribution in [2.24, 2.45) is 5.92 Å². The number of hydrogen-bond acceptors (Lipinski definition) is 0. The maximum absolute atomic E-state index is 2.41. The van der Waals surface area contributed by atoms with Crippen molar-refractivity contribution in [2.45, 2.75) is 25.2 Å². The fourth-order valence-electron chi connectivity index (χ4n) is 3.99. The van der Waals surface area contributed by atoms with E-state index in [2.05, 4.69) is 86.7 Å². The second-order valence-electron chi connectivity index (χ2n) is 6.71. The Morgan fingerprint density at radius 1 is 0.810 bits per heavy atom. The molecule has 2 atom stereocenters. The highest BCUT2D eigenvalue weighted by Crippen LogP contribution is 2.53. The van der Waals surface area contributed by atoms with Crippen molar-refractivity contribution in [1.82, 2.24) is 0 Å². The Kier molecular flexibility index (Phi) is 2.68. The molecule has 4 rings (SSSR count). The first kappa shape index (κ1) is 12.6. The fraction of sp³-hybridized carbons (Fsp3) is 0.238. The van der Waals surface area contributed by atoms with Crippen molar-refractivity contribution in [3.8, 4) is 11.1 Å². The van der Waals surface area contributed by atoms with Crippen LogP contribution in [-0.2, 0) is 5.41 Å². The van der Waals surface area contributed by atoms with E-state index < -0.39 is 0 Å². The maximum atomic E-state index is 2.41. The summed E-state index contributed by atoms with van der Waals surface area (Å²) in [5.41, 5.74) is 5.85. The van der Waals surface area contributed by atoms with Gasteiger partial charge in [-0.2, -0.15) is 0 Å². The topological polar surface area (TPSA) is 0 Å². The first-order valence-electron chi connectivity index (χ1n) is 7.73. The Morgan fingerprint density at radius 2 is 1.57 bits per heavy atom. The fourth-order valence-corrected chi connectivity index (χ4v) is 3.99. The van der Waals surface area contributed by atoms with Crippen molar-refractivity contribution in [3.05, 3.63) is 84.0 Å². The number of allylic oxidation sites excluding steroid dienone is 4. The molecule has 0 amide bonds. The second kappa shape index (κ2) is 4.46. The molecule has 0 nitrogen and oxygen atoms in total. The Hall–Kier alpha value is -2.08. The summed E-state index contributed by atoms with van der Waals surface area (Å²) in [5.74, 6) is 1.13. The number of rotatable bonds is 1. The Labute approximate surface area is 126 Å². The molecule has 0 fully saturated rings. The van der Waals surface area contributed by atoms with E-state index in [0.29, 0.717) is 11.8 Å². The van der Waals surface area contributed by atoms with E-state index >= 15 is 0 Å².